The van der Waals surface area contributed by atoms with E-state index < -0.39 is 30.5 Å². The summed E-state index contributed by atoms with van der Waals surface area (Å²) in [7, 11) is 0. The van der Waals surface area contributed by atoms with Crippen LogP contribution >= 0.6 is 0 Å². The number of rotatable bonds is 4. The normalized spacial score (nSPS) is 12.1. The summed E-state index contributed by atoms with van der Waals surface area (Å²) in [5.41, 5.74) is 0. The minimum Gasteiger partial charge on any atom is -0.301 e. The second kappa shape index (κ2) is 4.48. The third kappa shape index (κ3) is 4.16. The van der Waals surface area contributed by atoms with Crippen LogP contribution in [-0.4, -0.2) is 18.6 Å². The van der Waals surface area contributed by atoms with Gasteiger partial charge in [-0.3, -0.25) is 0 Å². The Balaban J connectivity index is 4.57. The quantitative estimate of drug-likeness (QED) is 0.704. The van der Waals surface area contributed by atoms with Crippen molar-refractivity contribution >= 4 is 0 Å². The van der Waals surface area contributed by atoms with Crippen LogP contribution in [0, 0.1) is 11.3 Å². The summed E-state index contributed by atoms with van der Waals surface area (Å²) in [5, 5.41) is 7.61. The van der Waals surface area contributed by atoms with Crippen molar-refractivity contribution in [2.75, 3.05) is 6.61 Å². The van der Waals surface area contributed by atoms with Crippen molar-refractivity contribution < 1.29 is 35.5 Å². The highest BCUT2D eigenvalue weighted by atomic mass is 19.3. The molecule has 0 amide bonds. The van der Waals surface area contributed by atoms with E-state index in [4.69, 9.17) is 5.26 Å². The monoisotopic (exact) mass is 237 g/mol. The van der Waals surface area contributed by atoms with Crippen molar-refractivity contribution in [1.82, 2.24) is 0 Å². The number of nitriles is 1. The molecule has 0 aliphatic rings. The Morgan fingerprint density at radius 1 is 1.13 bits per heavy atom. The molecule has 0 heterocycles. The lowest BCUT2D eigenvalue weighted by molar-refractivity contribution is -0.226. The summed E-state index contributed by atoms with van der Waals surface area (Å²) < 4.78 is 85.9. The van der Waals surface area contributed by atoms with E-state index in [1.807, 2.05) is 0 Å². The summed E-state index contributed by atoms with van der Waals surface area (Å²) in [5.74, 6) is -8.07. The molecule has 86 valence electrons. The third-order valence-electron chi connectivity index (χ3n) is 1.05. The summed E-state index contributed by atoms with van der Waals surface area (Å²) in [6.07, 6.45) is -7.93. The Kier molecular flexibility index (Phi) is 4.09. The van der Waals surface area contributed by atoms with Gasteiger partial charge in [0.15, 0.2) is 6.07 Å². The minimum absolute atomic E-state index is 0.167. The molecule has 0 aliphatic heterocycles. The first kappa shape index (κ1) is 13.7. The fraction of sp³-hybridized carbons (Fsp3) is 0.500. The van der Waals surface area contributed by atoms with Crippen LogP contribution in [0.25, 0.3) is 0 Å². The van der Waals surface area contributed by atoms with Crippen molar-refractivity contribution in [3.63, 3.8) is 0 Å². The molecule has 0 aliphatic carbocycles. The predicted octanol–water partition coefficient (Wildman–Crippen LogP) is 2.83. The van der Waals surface area contributed by atoms with Crippen LogP contribution < -0.4 is 0 Å². The van der Waals surface area contributed by atoms with Gasteiger partial charge in [-0.05, 0) is 0 Å². The molecule has 0 saturated carbocycles. The predicted molar refractivity (Wildman–Crippen MR) is 31.8 cm³/mol. The van der Waals surface area contributed by atoms with Crippen LogP contribution in [-0.2, 0) is 4.74 Å². The average molecular weight is 237 g/mol. The number of hydrogen-bond donors (Lipinski definition) is 0. The molecule has 15 heavy (non-hydrogen) atoms. The minimum atomic E-state index is -4.90. The van der Waals surface area contributed by atoms with Crippen LogP contribution in [0.5, 0.6) is 0 Å². The molecule has 0 aromatic rings. The Morgan fingerprint density at radius 2 is 1.60 bits per heavy atom. The van der Waals surface area contributed by atoms with Crippen molar-refractivity contribution in [2.24, 2.45) is 0 Å². The lowest BCUT2D eigenvalue weighted by Crippen LogP contribution is -2.31. The number of hydrogen-bond acceptors (Lipinski definition) is 2. The van der Waals surface area contributed by atoms with Gasteiger partial charge in [0.1, 0.15) is 6.61 Å². The first-order valence-electron chi connectivity index (χ1n) is 3.14. The van der Waals surface area contributed by atoms with Crippen molar-refractivity contribution in [3.8, 4) is 6.07 Å². The van der Waals surface area contributed by atoms with Gasteiger partial charge in [0.25, 0.3) is 0 Å². The fourth-order valence-corrected chi connectivity index (χ4v) is 0.415. The molecule has 0 atom stereocenters. The first-order valence-corrected chi connectivity index (χ1v) is 3.14. The Bertz CT molecular complexity index is 301. The second-order valence-corrected chi connectivity index (χ2v) is 2.20. The maximum atomic E-state index is 12.3. The van der Waals surface area contributed by atoms with Crippen LogP contribution in [0.2, 0.25) is 0 Å². The van der Waals surface area contributed by atoms with Crippen LogP contribution in [0.15, 0.2) is 11.9 Å². The molecule has 0 aromatic heterocycles. The van der Waals surface area contributed by atoms with Gasteiger partial charge in [-0.15, -0.1) is 0 Å². The standard InChI is InChI=1S/C6H2F7NO/c7-3(4(8)9)5(10,11)2-15-6(12,13)1-14/h2H2. The molecule has 0 aromatic carbocycles. The summed E-state index contributed by atoms with van der Waals surface area (Å²) in [4.78, 5) is 0. The molecule has 0 N–H and O–H groups in total. The Morgan fingerprint density at radius 3 is 1.93 bits per heavy atom. The third-order valence-corrected chi connectivity index (χ3v) is 1.05. The number of halogens is 7. The highest BCUT2D eigenvalue weighted by molar-refractivity contribution is 5.04. The van der Waals surface area contributed by atoms with Crippen molar-refractivity contribution in [1.29, 1.82) is 5.26 Å². The average Bonchev–Trinajstić information content (AvgIpc) is 2.14. The van der Waals surface area contributed by atoms with Gasteiger partial charge in [0.2, 0.25) is 5.83 Å². The highest BCUT2D eigenvalue weighted by Crippen LogP contribution is 2.31. The first-order chi connectivity index (χ1) is 6.62. The molecule has 0 rings (SSSR count). The van der Waals surface area contributed by atoms with Crippen LogP contribution in [0.4, 0.5) is 30.7 Å². The summed E-state index contributed by atoms with van der Waals surface area (Å²) in [6.45, 7) is -2.36. The topological polar surface area (TPSA) is 33.0 Å². The maximum Gasteiger partial charge on any atom is 0.448 e. The molecule has 0 unspecified atom stereocenters. The lowest BCUT2D eigenvalue weighted by Gasteiger charge is -2.15. The highest BCUT2D eigenvalue weighted by Gasteiger charge is 2.43. The molecule has 0 bridgehead atoms. The number of ether oxygens (including phenoxy) is 1. The smallest absolute Gasteiger partial charge is 0.301 e. The molecule has 0 radical (unpaired) electrons. The van der Waals surface area contributed by atoms with E-state index in [1.165, 1.54) is 0 Å². The van der Waals surface area contributed by atoms with E-state index in [-0.39, 0.29) is 6.07 Å². The molecular formula is C6H2F7NO. The van der Waals surface area contributed by atoms with E-state index in [9.17, 15) is 30.7 Å². The van der Waals surface area contributed by atoms with Crippen LogP contribution in [0.3, 0.4) is 0 Å². The summed E-state index contributed by atoms with van der Waals surface area (Å²) >= 11 is 0. The van der Waals surface area contributed by atoms with Gasteiger partial charge in [-0.1, -0.05) is 0 Å². The number of nitrogens with zero attached hydrogens (tertiary/aromatic N) is 1. The van der Waals surface area contributed by atoms with E-state index in [1.54, 1.807) is 0 Å². The Hall–Kier alpha value is -1.30. The van der Waals surface area contributed by atoms with Gasteiger partial charge in [0, 0.05) is 0 Å². The van der Waals surface area contributed by atoms with Gasteiger partial charge in [-0.2, -0.15) is 36.0 Å². The molecular weight excluding hydrogens is 235 g/mol. The summed E-state index contributed by atoms with van der Waals surface area (Å²) in [6, 6.07) is 0.167. The zero-order valence-electron chi connectivity index (χ0n) is 6.71. The zero-order chi connectivity index (χ0) is 12.3. The van der Waals surface area contributed by atoms with Crippen molar-refractivity contribution in [2.45, 2.75) is 12.0 Å². The largest absolute Gasteiger partial charge is 0.448 e. The second-order valence-electron chi connectivity index (χ2n) is 2.20. The van der Waals surface area contributed by atoms with Crippen molar-refractivity contribution in [3.05, 3.63) is 11.9 Å². The van der Waals surface area contributed by atoms with Crippen LogP contribution in [0.1, 0.15) is 0 Å². The van der Waals surface area contributed by atoms with Gasteiger partial charge in [-0.25, -0.2) is 0 Å². The van der Waals surface area contributed by atoms with Gasteiger partial charge >= 0.3 is 18.1 Å². The van der Waals surface area contributed by atoms with Gasteiger partial charge < -0.3 is 4.74 Å². The molecule has 0 spiro atoms. The maximum absolute atomic E-state index is 12.3. The fourth-order valence-electron chi connectivity index (χ4n) is 0.415. The lowest BCUT2D eigenvalue weighted by atomic mass is 10.3. The molecule has 0 fully saturated rings. The van der Waals surface area contributed by atoms with E-state index >= 15 is 0 Å². The zero-order valence-corrected chi connectivity index (χ0v) is 6.71. The van der Waals surface area contributed by atoms with Gasteiger partial charge in [0.05, 0.1) is 0 Å². The Labute approximate surface area is 78.5 Å². The van der Waals surface area contributed by atoms with E-state index in [0.29, 0.717) is 0 Å². The van der Waals surface area contributed by atoms with E-state index in [2.05, 4.69) is 4.74 Å². The van der Waals surface area contributed by atoms with E-state index in [0.717, 1.165) is 0 Å². The SMILES string of the molecule is N#CC(F)(F)OCC(F)(F)C(F)=C(F)F. The molecule has 2 nitrogen and oxygen atoms in total. The molecule has 9 heteroatoms. The number of alkyl halides is 4. The molecule has 0 saturated heterocycles.